The van der Waals surface area contributed by atoms with Gasteiger partial charge < -0.3 is 10.0 Å². The third kappa shape index (κ3) is 3.52. The van der Waals surface area contributed by atoms with Crippen molar-refractivity contribution in [3.8, 4) is 0 Å². The fourth-order valence-electron chi connectivity index (χ4n) is 2.38. The van der Waals surface area contributed by atoms with E-state index < -0.39 is 12.0 Å². The molecule has 0 bridgehead atoms. The predicted octanol–water partition coefficient (Wildman–Crippen LogP) is 1.07. The molecule has 0 aliphatic carbocycles. The lowest BCUT2D eigenvalue weighted by molar-refractivity contribution is -0.144. The third-order valence-electron chi connectivity index (χ3n) is 3.63. The van der Waals surface area contributed by atoms with Crippen molar-refractivity contribution in [3.63, 3.8) is 0 Å². The highest BCUT2D eigenvalue weighted by atomic mass is 19.1. The van der Waals surface area contributed by atoms with Gasteiger partial charge in [-0.1, -0.05) is 18.2 Å². The zero-order valence-electron chi connectivity index (χ0n) is 11.1. The van der Waals surface area contributed by atoms with Crippen molar-refractivity contribution in [3.05, 3.63) is 35.6 Å². The number of nitrogens with zero attached hydrogens (tertiary/aromatic N) is 2. The Morgan fingerprint density at radius 2 is 1.95 bits per heavy atom. The number of piperazine rings is 1. The van der Waals surface area contributed by atoms with E-state index in [0.29, 0.717) is 18.7 Å². The van der Waals surface area contributed by atoms with E-state index in [4.69, 9.17) is 0 Å². The molecule has 1 N–H and O–H groups in total. The van der Waals surface area contributed by atoms with Gasteiger partial charge >= 0.3 is 5.97 Å². The van der Waals surface area contributed by atoms with Crippen molar-refractivity contribution in [2.24, 2.45) is 0 Å². The smallest absolute Gasteiger partial charge is 0.321 e. The van der Waals surface area contributed by atoms with E-state index in [1.54, 1.807) is 18.2 Å². The molecule has 1 heterocycles. The Balaban J connectivity index is 2.09. The van der Waals surface area contributed by atoms with Crippen LogP contribution >= 0.6 is 0 Å². The maximum atomic E-state index is 13.6. The van der Waals surface area contributed by atoms with Crippen LogP contribution in [0.5, 0.6) is 0 Å². The van der Waals surface area contributed by atoms with Crippen LogP contribution < -0.4 is 0 Å². The quantitative estimate of drug-likeness (QED) is 0.885. The number of likely N-dealkylation sites (N-methyl/N-ethyl adjacent to an activating group) is 1. The predicted molar refractivity (Wildman–Crippen MR) is 70.6 cm³/mol. The number of benzene rings is 1. The van der Waals surface area contributed by atoms with Crippen LogP contribution in [0.2, 0.25) is 0 Å². The first-order valence-corrected chi connectivity index (χ1v) is 6.46. The minimum atomic E-state index is -0.882. The van der Waals surface area contributed by atoms with Crippen molar-refractivity contribution in [2.45, 2.75) is 12.5 Å². The lowest BCUT2D eigenvalue weighted by atomic mass is 10.0. The molecule has 4 nitrogen and oxygen atoms in total. The Labute approximate surface area is 112 Å². The monoisotopic (exact) mass is 266 g/mol. The zero-order valence-corrected chi connectivity index (χ0v) is 11.1. The van der Waals surface area contributed by atoms with E-state index in [2.05, 4.69) is 4.90 Å². The molecule has 1 aliphatic heterocycles. The van der Waals surface area contributed by atoms with Crippen LogP contribution in [0.3, 0.4) is 0 Å². The van der Waals surface area contributed by atoms with Gasteiger partial charge in [0.1, 0.15) is 11.9 Å². The minimum Gasteiger partial charge on any atom is -0.480 e. The fraction of sp³-hybridized carbons (Fsp3) is 0.500. The first-order chi connectivity index (χ1) is 9.08. The largest absolute Gasteiger partial charge is 0.480 e. The summed E-state index contributed by atoms with van der Waals surface area (Å²) in [7, 11) is 2.02. The second-order valence-electron chi connectivity index (χ2n) is 4.99. The van der Waals surface area contributed by atoms with E-state index in [-0.39, 0.29) is 12.2 Å². The van der Waals surface area contributed by atoms with Crippen LogP contribution in [-0.4, -0.2) is 60.1 Å². The number of hydrogen-bond acceptors (Lipinski definition) is 3. The van der Waals surface area contributed by atoms with Gasteiger partial charge in [0.25, 0.3) is 0 Å². The summed E-state index contributed by atoms with van der Waals surface area (Å²) < 4.78 is 13.6. The molecule has 1 aliphatic rings. The van der Waals surface area contributed by atoms with Crippen molar-refractivity contribution in [1.82, 2.24) is 9.80 Å². The third-order valence-corrected chi connectivity index (χ3v) is 3.63. The summed E-state index contributed by atoms with van der Waals surface area (Å²) in [6.07, 6.45) is 0.214. The maximum Gasteiger partial charge on any atom is 0.321 e. The van der Waals surface area contributed by atoms with Crippen LogP contribution in [0.15, 0.2) is 24.3 Å². The van der Waals surface area contributed by atoms with E-state index in [9.17, 15) is 14.3 Å². The molecule has 2 rings (SSSR count). The average Bonchev–Trinajstić information content (AvgIpc) is 2.39. The Hall–Kier alpha value is -1.46. The summed E-state index contributed by atoms with van der Waals surface area (Å²) >= 11 is 0. The second kappa shape index (κ2) is 6.12. The molecule has 1 aromatic rings. The van der Waals surface area contributed by atoms with E-state index in [0.717, 1.165) is 13.1 Å². The summed E-state index contributed by atoms with van der Waals surface area (Å²) in [6.45, 7) is 3.12. The standard InChI is InChI=1S/C14H19FN2O2/c1-16-6-8-17(9-7-16)13(14(18)19)10-11-4-2-3-5-12(11)15/h2-5,13H,6-10H2,1H3,(H,18,19)/t13-/m0/s1. The first kappa shape index (κ1) is 14.0. The Morgan fingerprint density at radius 1 is 1.32 bits per heavy atom. The molecular formula is C14H19FN2O2. The fourth-order valence-corrected chi connectivity index (χ4v) is 2.38. The molecule has 1 saturated heterocycles. The molecule has 104 valence electrons. The SMILES string of the molecule is CN1CCN([C@@H](Cc2ccccc2F)C(=O)O)CC1. The van der Waals surface area contributed by atoms with E-state index in [1.165, 1.54) is 6.07 Å². The molecule has 0 aromatic heterocycles. The van der Waals surface area contributed by atoms with Crippen LogP contribution in [0, 0.1) is 5.82 Å². The number of halogens is 1. The number of carboxylic acid groups (broad SMARTS) is 1. The molecule has 1 fully saturated rings. The molecule has 19 heavy (non-hydrogen) atoms. The highest BCUT2D eigenvalue weighted by molar-refractivity contribution is 5.74. The molecule has 1 aromatic carbocycles. The number of hydrogen-bond donors (Lipinski definition) is 1. The topological polar surface area (TPSA) is 43.8 Å². The van der Waals surface area contributed by atoms with Gasteiger partial charge in [0.15, 0.2) is 0 Å². The Kier molecular flexibility index (Phi) is 4.50. The maximum absolute atomic E-state index is 13.6. The summed E-state index contributed by atoms with van der Waals surface area (Å²) in [4.78, 5) is 15.5. The highest BCUT2D eigenvalue weighted by Gasteiger charge is 2.28. The Bertz CT molecular complexity index is 445. The van der Waals surface area contributed by atoms with Crippen LogP contribution in [0.25, 0.3) is 0 Å². The number of rotatable bonds is 4. The van der Waals surface area contributed by atoms with Crippen LogP contribution in [0.4, 0.5) is 4.39 Å². The molecular weight excluding hydrogens is 247 g/mol. The minimum absolute atomic E-state index is 0.214. The van der Waals surface area contributed by atoms with Crippen molar-refractivity contribution < 1.29 is 14.3 Å². The molecule has 0 unspecified atom stereocenters. The Morgan fingerprint density at radius 3 is 2.53 bits per heavy atom. The highest BCUT2D eigenvalue weighted by Crippen LogP contribution is 2.14. The van der Waals surface area contributed by atoms with Gasteiger partial charge in [-0.15, -0.1) is 0 Å². The zero-order chi connectivity index (χ0) is 13.8. The van der Waals surface area contributed by atoms with Gasteiger partial charge in [0, 0.05) is 32.6 Å². The summed E-state index contributed by atoms with van der Waals surface area (Å²) in [5.41, 5.74) is 0.467. The van der Waals surface area contributed by atoms with Crippen molar-refractivity contribution in [2.75, 3.05) is 33.2 Å². The van der Waals surface area contributed by atoms with Gasteiger partial charge in [-0.3, -0.25) is 9.69 Å². The lowest BCUT2D eigenvalue weighted by Gasteiger charge is -2.36. The van der Waals surface area contributed by atoms with Crippen molar-refractivity contribution >= 4 is 5.97 Å². The van der Waals surface area contributed by atoms with Crippen LogP contribution in [0.1, 0.15) is 5.56 Å². The summed E-state index contributed by atoms with van der Waals surface area (Å²) in [6, 6.07) is 5.73. The average molecular weight is 266 g/mol. The summed E-state index contributed by atoms with van der Waals surface area (Å²) in [5, 5.41) is 9.37. The number of carboxylic acids is 1. The number of aliphatic carboxylic acids is 1. The lowest BCUT2D eigenvalue weighted by Crippen LogP contribution is -2.52. The van der Waals surface area contributed by atoms with E-state index in [1.807, 2.05) is 11.9 Å². The molecule has 1 atom stereocenters. The van der Waals surface area contributed by atoms with Gasteiger partial charge in [-0.2, -0.15) is 0 Å². The van der Waals surface area contributed by atoms with Crippen molar-refractivity contribution in [1.29, 1.82) is 0 Å². The van der Waals surface area contributed by atoms with Gasteiger partial charge in [-0.25, -0.2) is 4.39 Å². The van der Waals surface area contributed by atoms with E-state index >= 15 is 0 Å². The van der Waals surface area contributed by atoms with Crippen LogP contribution in [-0.2, 0) is 11.2 Å². The van der Waals surface area contributed by atoms with Gasteiger partial charge in [0.2, 0.25) is 0 Å². The second-order valence-corrected chi connectivity index (χ2v) is 4.99. The molecule has 0 saturated carbocycles. The molecule has 0 amide bonds. The number of carbonyl (C=O) groups is 1. The van der Waals surface area contributed by atoms with Gasteiger partial charge in [0.05, 0.1) is 0 Å². The molecule has 0 spiro atoms. The molecule has 5 heteroatoms. The summed E-state index contributed by atoms with van der Waals surface area (Å²) in [5.74, 6) is -1.21. The first-order valence-electron chi connectivity index (χ1n) is 6.46. The normalized spacial score (nSPS) is 19.3. The molecule has 0 radical (unpaired) electrons. The van der Waals surface area contributed by atoms with Gasteiger partial charge in [-0.05, 0) is 18.7 Å².